The molecule has 1 aliphatic rings. The van der Waals surface area contributed by atoms with Gasteiger partial charge in [0, 0.05) is 28.3 Å². The Hall–Kier alpha value is -3.26. The van der Waals surface area contributed by atoms with Crippen LogP contribution in [0.25, 0.3) is 33.2 Å². The van der Waals surface area contributed by atoms with Crippen molar-refractivity contribution < 1.29 is 4.79 Å². The summed E-state index contributed by atoms with van der Waals surface area (Å²) in [6, 6.07) is 18.6. The fourth-order valence-corrected chi connectivity index (χ4v) is 4.32. The number of aryl methyl sites for hydroxylation is 3. The highest BCUT2D eigenvalue weighted by Gasteiger charge is 2.28. The molecule has 0 unspecified atom stereocenters. The van der Waals surface area contributed by atoms with Crippen molar-refractivity contribution >= 4 is 16.6 Å². The first kappa shape index (κ1) is 16.0. The molecule has 1 heterocycles. The largest absolute Gasteiger partial charge is 0.289 e. The van der Waals surface area contributed by atoms with Crippen LogP contribution in [0.5, 0.6) is 0 Å². The van der Waals surface area contributed by atoms with Crippen molar-refractivity contribution in [3.05, 3.63) is 88.6 Å². The molecule has 0 bridgehead atoms. The molecule has 0 saturated carbocycles. The lowest BCUT2D eigenvalue weighted by atomic mass is 9.95. The van der Waals surface area contributed by atoms with E-state index in [1.807, 2.05) is 30.5 Å². The van der Waals surface area contributed by atoms with Gasteiger partial charge < -0.3 is 0 Å². The number of fused-ring (bicyclic) bond motifs is 4. The van der Waals surface area contributed by atoms with E-state index in [4.69, 9.17) is 0 Å². The lowest BCUT2D eigenvalue weighted by Gasteiger charge is -2.10. The van der Waals surface area contributed by atoms with E-state index >= 15 is 0 Å². The molecule has 2 heteroatoms. The van der Waals surface area contributed by atoms with E-state index < -0.39 is 0 Å². The Kier molecular flexibility index (Phi) is 3.32. The standard InChI is InChI=1S/C25H19NO/c1-14-9-15(2)11-18(10-14)24-20-13-22-21(12-17(20)7-8-26-24)23-16(3)5-4-6-19(23)25(22)27/h4-13H,1-3H3. The molecule has 2 nitrogen and oxygen atoms in total. The Morgan fingerprint density at radius 2 is 1.56 bits per heavy atom. The highest BCUT2D eigenvalue weighted by molar-refractivity contribution is 6.24. The normalized spacial score (nSPS) is 12.3. The molecule has 0 N–H and O–H groups in total. The average Bonchev–Trinajstić information content (AvgIpc) is 2.92. The van der Waals surface area contributed by atoms with Crippen molar-refractivity contribution in [2.24, 2.45) is 0 Å². The third-order valence-corrected chi connectivity index (χ3v) is 5.43. The molecule has 0 fully saturated rings. The van der Waals surface area contributed by atoms with E-state index in [1.165, 1.54) is 11.1 Å². The third kappa shape index (κ3) is 2.33. The first-order valence-electron chi connectivity index (χ1n) is 9.19. The summed E-state index contributed by atoms with van der Waals surface area (Å²) in [5, 5.41) is 2.14. The van der Waals surface area contributed by atoms with Gasteiger partial charge in [0.2, 0.25) is 0 Å². The molecule has 3 aromatic carbocycles. The zero-order chi connectivity index (χ0) is 18.7. The zero-order valence-electron chi connectivity index (χ0n) is 15.6. The van der Waals surface area contributed by atoms with E-state index in [0.29, 0.717) is 0 Å². The maximum absolute atomic E-state index is 13.0. The zero-order valence-corrected chi connectivity index (χ0v) is 15.6. The maximum Gasteiger partial charge on any atom is 0.194 e. The first-order chi connectivity index (χ1) is 13.0. The van der Waals surface area contributed by atoms with Crippen molar-refractivity contribution in [2.45, 2.75) is 20.8 Å². The second-order valence-electron chi connectivity index (χ2n) is 7.48. The molecule has 0 aliphatic heterocycles. The van der Waals surface area contributed by atoms with E-state index in [9.17, 15) is 4.79 Å². The number of rotatable bonds is 1. The fraction of sp³-hybridized carbons (Fsp3) is 0.120. The summed E-state index contributed by atoms with van der Waals surface area (Å²) in [5.74, 6) is 0.112. The van der Waals surface area contributed by atoms with E-state index in [2.05, 4.69) is 56.1 Å². The van der Waals surface area contributed by atoms with Gasteiger partial charge in [-0.15, -0.1) is 0 Å². The minimum Gasteiger partial charge on any atom is -0.289 e. The Morgan fingerprint density at radius 3 is 2.33 bits per heavy atom. The molecular weight excluding hydrogens is 330 g/mol. The number of carbonyl (C=O) groups is 1. The van der Waals surface area contributed by atoms with Crippen LogP contribution in [0.1, 0.15) is 32.6 Å². The summed E-state index contributed by atoms with van der Waals surface area (Å²) < 4.78 is 0. The average molecular weight is 349 g/mol. The Labute approximate surface area is 158 Å². The van der Waals surface area contributed by atoms with Gasteiger partial charge in [-0.05, 0) is 73.2 Å². The van der Waals surface area contributed by atoms with Crippen molar-refractivity contribution in [1.82, 2.24) is 4.98 Å². The summed E-state index contributed by atoms with van der Waals surface area (Å²) in [6.45, 7) is 6.27. The van der Waals surface area contributed by atoms with Crippen molar-refractivity contribution in [3.63, 3.8) is 0 Å². The summed E-state index contributed by atoms with van der Waals surface area (Å²) in [7, 11) is 0. The van der Waals surface area contributed by atoms with Gasteiger partial charge in [0.25, 0.3) is 0 Å². The SMILES string of the molecule is Cc1cc(C)cc(-c2nccc3cc4c(cc23)C(=O)c2cccc(C)c2-4)c1. The van der Waals surface area contributed by atoms with Gasteiger partial charge in [0.05, 0.1) is 5.69 Å². The van der Waals surface area contributed by atoms with E-state index in [-0.39, 0.29) is 5.78 Å². The quantitative estimate of drug-likeness (QED) is 0.369. The lowest BCUT2D eigenvalue weighted by molar-refractivity contribution is 0.104. The van der Waals surface area contributed by atoms with Gasteiger partial charge in [-0.3, -0.25) is 9.78 Å². The van der Waals surface area contributed by atoms with E-state index in [0.717, 1.165) is 49.8 Å². The maximum atomic E-state index is 13.0. The Balaban J connectivity index is 1.82. The Bertz CT molecular complexity index is 1250. The molecule has 0 radical (unpaired) electrons. The van der Waals surface area contributed by atoms with Crippen LogP contribution in [-0.2, 0) is 0 Å². The molecule has 27 heavy (non-hydrogen) atoms. The van der Waals surface area contributed by atoms with Crippen molar-refractivity contribution in [1.29, 1.82) is 0 Å². The van der Waals surface area contributed by atoms with Crippen LogP contribution in [0.4, 0.5) is 0 Å². The number of pyridine rings is 1. The second kappa shape index (κ2) is 5.62. The van der Waals surface area contributed by atoms with Crippen LogP contribution in [0.3, 0.4) is 0 Å². The van der Waals surface area contributed by atoms with Gasteiger partial charge >= 0.3 is 0 Å². The first-order valence-corrected chi connectivity index (χ1v) is 9.19. The molecule has 0 amide bonds. The van der Waals surface area contributed by atoms with Gasteiger partial charge in [-0.1, -0.05) is 35.4 Å². The number of hydrogen-bond acceptors (Lipinski definition) is 2. The van der Waals surface area contributed by atoms with Crippen LogP contribution in [-0.4, -0.2) is 10.8 Å². The minimum absolute atomic E-state index is 0.112. The summed E-state index contributed by atoms with van der Waals surface area (Å²) in [4.78, 5) is 17.7. The van der Waals surface area contributed by atoms with Crippen LogP contribution < -0.4 is 0 Å². The summed E-state index contributed by atoms with van der Waals surface area (Å²) in [5.41, 5.74) is 9.30. The van der Waals surface area contributed by atoms with Crippen LogP contribution in [0.15, 0.2) is 60.8 Å². The summed E-state index contributed by atoms with van der Waals surface area (Å²) in [6.07, 6.45) is 1.86. The number of ketones is 1. The number of nitrogens with zero attached hydrogens (tertiary/aromatic N) is 1. The predicted octanol–water partition coefficient (Wildman–Crippen LogP) is 6.04. The van der Waals surface area contributed by atoms with Gasteiger partial charge in [-0.25, -0.2) is 0 Å². The molecular formula is C25H19NO. The third-order valence-electron chi connectivity index (χ3n) is 5.43. The molecule has 5 rings (SSSR count). The number of hydrogen-bond donors (Lipinski definition) is 0. The molecule has 0 atom stereocenters. The highest BCUT2D eigenvalue weighted by atomic mass is 16.1. The molecule has 4 aromatic rings. The molecule has 1 aromatic heterocycles. The number of carbonyl (C=O) groups excluding carboxylic acids is 1. The molecule has 130 valence electrons. The van der Waals surface area contributed by atoms with Gasteiger partial charge in [0.1, 0.15) is 0 Å². The Morgan fingerprint density at radius 1 is 0.778 bits per heavy atom. The minimum atomic E-state index is 0.112. The molecule has 0 spiro atoms. The fourth-order valence-electron chi connectivity index (χ4n) is 4.32. The van der Waals surface area contributed by atoms with Gasteiger partial charge in [0.15, 0.2) is 5.78 Å². The number of aromatic nitrogens is 1. The lowest BCUT2D eigenvalue weighted by Crippen LogP contribution is -1.96. The summed E-state index contributed by atoms with van der Waals surface area (Å²) >= 11 is 0. The van der Waals surface area contributed by atoms with Crippen LogP contribution >= 0.6 is 0 Å². The second-order valence-corrected chi connectivity index (χ2v) is 7.48. The van der Waals surface area contributed by atoms with Crippen LogP contribution in [0, 0.1) is 20.8 Å². The van der Waals surface area contributed by atoms with Gasteiger partial charge in [-0.2, -0.15) is 0 Å². The smallest absolute Gasteiger partial charge is 0.194 e. The van der Waals surface area contributed by atoms with Crippen molar-refractivity contribution in [2.75, 3.05) is 0 Å². The molecule has 1 aliphatic carbocycles. The van der Waals surface area contributed by atoms with E-state index in [1.54, 1.807) is 0 Å². The highest BCUT2D eigenvalue weighted by Crippen LogP contribution is 2.42. The van der Waals surface area contributed by atoms with Crippen LogP contribution in [0.2, 0.25) is 0 Å². The molecule has 0 saturated heterocycles. The monoisotopic (exact) mass is 349 g/mol. The predicted molar refractivity (Wildman–Crippen MR) is 110 cm³/mol. The topological polar surface area (TPSA) is 30.0 Å². The number of benzene rings is 3. The van der Waals surface area contributed by atoms with Crippen molar-refractivity contribution in [3.8, 4) is 22.4 Å².